The Kier molecular flexibility index (Phi) is 7.51. The lowest BCUT2D eigenvalue weighted by atomic mass is 9.95. The first-order valence-corrected chi connectivity index (χ1v) is 14.7. The van der Waals surface area contributed by atoms with Crippen LogP contribution in [0.25, 0.3) is 38.8 Å². The van der Waals surface area contributed by atoms with E-state index in [1.165, 1.54) is 11.5 Å². The molecule has 2 amide bonds. The molecule has 1 aromatic carbocycles. The van der Waals surface area contributed by atoms with Crippen molar-refractivity contribution in [2.45, 2.75) is 39.4 Å². The summed E-state index contributed by atoms with van der Waals surface area (Å²) in [6.45, 7) is 8.86. The van der Waals surface area contributed by atoms with Crippen molar-refractivity contribution in [3.63, 3.8) is 0 Å². The Morgan fingerprint density at radius 1 is 1.14 bits per heavy atom. The van der Waals surface area contributed by atoms with Gasteiger partial charge in [-0.2, -0.15) is 5.10 Å². The fourth-order valence-corrected chi connectivity index (χ4v) is 6.80. The third-order valence-corrected chi connectivity index (χ3v) is 8.91. The zero-order chi connectivity index (χ0) is 30.4. The minimum absolute atomic E-state index is 0.00832. The van der Waals surface area contributed by atoms with Gasteiger partial charge in [-0.25, -0.2) is 18.2 Å². The maximum Gasteiger partial charge on any atom is 0.246 e. The van der Waals surface area contributed by atoms with E-state index in [1.807, 2.05) is 25.1 Å². The number of nitrogens with zero attached hydrogens (tertiary/aromatic N) is 5. The van der Waals surface area contributed by atoms with Gasteiger partial charge in [0.25, 0.3) is 0 Å². The monoisotopic (exact) mass is 603 g/mol. The largest absolute Gasteiger partial charge is 0.338 e. The number of allylic oxidation sites excluding steroid dienone is 2. The van der Waals surface area contributed by atoms with Gasteiger partial charge in [0.05, 0.1) is 40.7 Å². The second kappa shape index (κ2) is 11.3. The van der Waals surface area contributed by atoms with Gasteiger partial charge in [-0.1, -0.05) is 18.7 Å². The topological polar surface area (TPSA) is 71.3 Å². The summed E-state index contributed by atoms with van der Waals surface area (Å²) < 4.78 is 45.5. The lowest BCUT2D eigenvalue weighted by Gasteiger charge is -2.31. The number of pyridine rings is 1. The van der Waals surface area contributed by atoms with E-state index in [1.54, 1.807) is 27.5 Å². The van der Waals surface area contributed by atoms with Crippen molar-refractivity contribution < 1.29 is 22.8 Å². The Bertz CT molecular complexity index is 1860. The zero-order valence-corrected chi connectivity index (χ0v) is 24.4. The summed E-state index contributed by atoms with van der Waals surface area (Å²) in [6.07, 6.45) is 3.78. The van der Waals surface area contributed by atoms with Crippen LogP contribution < -0.4 is 0 Å². The molecule has 0 aliphatic carbocycles. The number of amides is 2. The Hall–Kier alpha value is -4.51. The Balaban J connectivity index is 1.57. The third-order valence-electron chi connectivity index (χ3n) is 7.95. The quantitative estimate of drug-likeness (QED) is 0.187. The maximum absolute atomic E-state index is 15.5. The fourth-order valence-electron chi connectivity index (χ4n) is 5.86. The van der Waals surface area contributed by atoms with Gasteiger partial charge < -0.3 is 9.80 Å². The summed E-state index contributed by atoms with van der Waals surface area (Å²) in [5.74, 6) is -1.69. The van der Waals surface area contributed by atoms with Gasteiger partial charge in [0, 0.05) is 54.5 Å². The van der Waals surface area contributed by atoms with Gasteiger partial charge in [-0.3, -0.25) is 14.3 Å². The van der Waals surface area contributed by atoms with Crippen LogP contribution in [-0.2, 0) is 29.1 Å². The van der Waals surface area contributed by atoms with Crippen molar-refractivity contribution in [1.82, 2.24) is 24.6 Å². The molecule has 11 heteroatoms. The number of benzene rings is 1. The number of carbonyl (C=O) groups excluding carboxylic acids is 2. The summed E-state index contributed by atoms with van der Waals surface area (Å²) in [6, 6.07) is 7.48. The number of thiophene rings is 1. The van der Waals surface area contributed by atoms with Gasteiger partial charge in [0.1, 0.15) is 17.3 Å². The van der Waals surface area contributed by atoms with E-state index in [4.69, 9.17) is 10.1 Å². The van der Waals surface area contributed by atoms with Crippen molar-refractivity contribution in [1.29, 1.82) is 0 Å². The molecule has 4 aromatic rings. The van der Waals surface area contributed by atoms with E-state index in [-0.39, 0.29) is 47.4 Å². The molecular weight excluding hydrogens is 575 g/mol. The average molecular weight is 604 g/mol. The molecule has 0 fully saturated rings. The molecule has 2 aliphatic heterocycles. The van der Waals surface area contributed by atoms with E-state index >= 15 is 4.39 Å². The fraction of sp³-hybridized carbons (Fsp3) is 0.250. The lowest BCUT2D eigenvalue weighted by Crippen LogP contribution is -2.39. The number of aromatic nitrogens is 3. The molecule has 0 saturated heterocycles. The molecule has 43 heavy (non-hydrogen) atoms. The van der Waals surface area contributed by atoms with Crippen molar-refractivity contribution >= 4 is 39.3 Å². The van der Waals surface area contributed by atoms with E-state index in [0.717, 1.165) is 46.2 Å². The first-order valence-electron chi connectivity index (χ1n) is 13.8. The molecular formula is C32H28F3N5O2S. The van der Waals surface area contributed by atoms with Crippen LogP contribution in [0.3, 0.4) is 0 Å². The molecule has 2 aliphatic rings. The molecule has 3 aromatic heterocycles. The molecule has 1 atom stereocenters. The molecule has 5 heterocycles. The summed E-state index contributed by atoms with van der Waals surface area (Å²) in [7, 11) is 0. The van der Waals surface area contributed by atoms with Crippen LogP contribution in [-0.4, -0.2) is 49.5 Å². The van der Waals surface area contributed by atoms with Crippen LogP contribution in [0.1, 0.15) is 42.3 Å². The summed E-state index contributed by atoms with van der Waals surface area (Å²) in [5, 5.41) is 6.27. The maximum atomic E-state index is 15.5. The van der Waals surface area contributed by atoms with Crippen LogP contribution in [0, 0.1) is 5.82 Å². The first-order chi connectivity index (χ1) is 20.7. The average Bonchev–Trinajstić information content (AvgIpc) is 3.60. The summed E-state index contributed by atoms with van der Waals surface area (Å²) in [5.41, 5.74) is 4.78. The predicted molar refractivity (Wildman–Crippen MR) is 161 cm³/mol. The molecule has 0 radical (unpaired) electrons. The first kappa shape index (κ1) is 28.6. The molecule has 0 bridgehead atoms. The molecule has 7 nitrogen and oxygen atoms in total. The third kappa shape index (κ3) is 5.18. The second-order valence-electron chi connectivity index (χ2n) is 10.7. The number of rotatable bonds is 5. The minimum Gasteiger partial charge on any atom is -0.338 e. The second-order valence-corrected chi connectivity index (χ2v) is 11.6. The SMILES string of the molecule is C=CC(=O)N1Cc2cc(-c3nc(-c4ccc5c(c4)CN(C(C)=O)CC5)c4scc(F)c4c3C=C(F)/C=C/F)nn2C(C)C1. The van der Waals surface area contributed by atoms with Crippen LogP contribution in [0.2, 0.25) is 0 Å². The number of hydrogen-bond donors (Lipinski definition) is 0. The van der Waals surface area contributed by atoms with Crippen LogP contribution in [0.15, 0.2) is 60.5 Å². The van der Waals surface area contributed by atoms with Gasteiger partial charge >= 0.3 is 0 Å². The highest BCUT2D eigenvalue weighted by Gasteiger charge is 2.29. The highest BCUT2D eigenvalue weighted by Crippen LogP contribution is 2.42. The van der Waals surface area contributed by atoms with Crippen molar-refractivity contribution in [3.05, 3.63) is 88.7 Å². The number of carbonyl (C=O) groups is 2. The van der Waals surface area contributed by atoms with Crippen molar-refractivity contribution in [2.24, 2.45) is 0 Å². The van der Waals surface area contributed by atoms with E-state index in [2.05, 4.69) is 6.58 Å². The molecule has 1 unspecified atom stereocenters. The Morgan fingerprint density at radius 2 is 1.95 bits per heavy atom. The summed E-state index contributed by atoms with van der Waals surface area (Å²) >= 11 is 1.15. The van der Waals surface area contributed by atoms with Crippen molar-refractivity contribution in [3.8, 4) is 22.6 Å². The number of halogens is 3. The van der Waals surface area contributed by atoms with Crippen LogP contribution in [0.4, 0.5) is 13.2 Å². The highest BCUT2D eigenvalue weighted by atomic mass is 32.1. The van der Waals surface area contributed by atoms with E-state index in [0.29, 0.717) is 41.8 Å². The zero-order valence-electron chi connectivity index (χ0n) is 23.6. The van der Waals surface area contributed by atoms with Crippen molar-refractivity contribution in [2.75, 3.05) is 13.1 Å². The normalized spacial score (nSPS) is 17.0. The van der Waals surface area contributed by atoms with E-state index in [9.17, 15) is 18.4 Å². The molecule has 0 spiro atoms. The standard InChI is InChI=1S/C32H28F3N5O2S/c1-4-28(42)39-14-18(2)40-24(16-39)13-27(37-40)31-25(12-23(34)7-9-33)29-26(35)17-43-32(29)30(36-31)21-6-5-20-8-10-38(19(3)41)15-22(20)11-21/h4-7,9,11-13,17-18H,1,8,10,14-16H2,2-3H3/b9-7+,23-12?. The van der Waals surface area contributed by atoms with Crippen LogP contribution >= 0.6 is 11.3 Å². The molecule has 0 N–H and O–H groups in total. The van der Waals surface area contributed by atoms with Gasteiger partial charge in [0.2, 0.25) is 11.8 Å². The highest BCUT2D eigenvalue weighted by molar-refractivity contribution is 7.17. The minimum atomic E-state index is -0.914. The van der Waals surface area contributed by atoms with E-state index < -0.39 is 11.6 Å². The molecule has 0 saturated carbocycles. The number of hydrogen-bond acceptors (Lipinski definition) is 5. The lowest BCUT2D eigenvalue weighted by molar-refractivity contribution is -0.130. The smallest absolute Gasteiger partial charge is 0.246 e. The Morgan fingerprint density at radius 3 is 2.70 bits per heavy atom. The van der Waals surface area contributed by atoms with Crippen LogP contribution in [0.5, 0.6) is 0 Å². The molecule has 6 rings (SSSR count). The van der Waals surface area contributed by atoms with Gasteiger partial charge in [0.15, 0.2) is 0 Å². The summed E-state index contributed by atoms with van der Waals surface area (Å²) in [4.78, 5) is 32.8. The number of fused-ring (bicyclic) bond motifs is 3. The Labute approximate surface area is 250 Å². The van der Waals surface area contributed by atoms with Gasteiger partial charge in [-0.15, -0.1) is 11.3 Å². The predicted octanol–water partition coefficient (Wildman–Crippen LogP) is 6.75. The van der Waals surface area contributed by atoms with Gasteiger partial charge in [-0.05, 0) is 48.8 Å². The molecule has 220 valence electrons.